The highest BCUT2D eigenvalue weighted by Crippen LogP contribution is 2.19. The minimum absolute atomic E-state index is 0.00872. The van der Waals surface area contributed by atoms with E-state index >= 15 is 0 Å². The molecular weight excluding hydrogens is 393 g/mol. The Balaban J connectivity index is 2.71. The molecule has 0 aliphatic heterocycles. The molecular formula is C19H27ClFNO4S. The number of ketones is 1. The van der Waals surface area contributed by atoms with Crippen molar-refractivity contribution in [1.82, 2.24) is 5.32 Å². The first-order valence-electron chi connectivity index (χ1n) is 8.74. The lowest BCUT2D eigenvalue weighted by Gasteiger charge is -2.24. The summed E-state index contributed by atoms with van der Waals surface area (Å²) in [7, 11) is -1.50. The number of hydrogen-bond acceptors (Lipinski definition) is 4. The van der Waals surface area contributed by atoms with Gasteiger partial charge in [0.15, 0.2) is 5.78 Å². The first-order valence-corrected chi connectivity index (χ1v) is 10.4. The van der Waals surface area contributed by atoms with E-state index in [0.29, 0.717) is 11.3 Å². The van der Waals surface area contributed by atoms with Crippen molar-refractivity contribution in [3.63, 3.8) is 0 Å². The van der Waals surface area contributed by atoms with Gasteiger partial charge in [0.2, 0.25) is 0 Å². The monoisotopic (exact) mass is 419 g/mol. The van der Waals surface area contributed by atoms with E-state index in [9.17, 15) is 18.2 Å². The van der Waals surface area contributed by atoms with E-state index in [1.165, 1.54) is 12.1 Å². The van der Waals surface area contributed by atoms with E-state index in [1.54, 1.807) is 20.8 Å². The maximum absolute atomic E-state index is 13.2. The molecule has 152 valence electrons. The molecule has 0 fully saturated rings. The van der Waals surface area contributed by atoms with Gasteiger partial charge in [-0.1, -0.05) is 25.4 Å². The third kappa shape index (κ3) is 8.84. The summed E-state index contributed by atoms with van der Waals surface area (Å²) in [5.41, 5.74) is -0.668. The number of hydrogen-bond donors (Lipinski definition) is 1. The van der Waals surface area contributed by atoms with Crippen molar-refractivity contribution < 1.29 is 22.9 Å². The number of ether oxygens (including phenoxy) is 1. The lowest BCUT2D eigenvalue weighted by molar-refractivity contribution is -0.121. The molecule has 1 aromatic rings. The Morgan fingerprint density at radius 2 is 1.93 bits per heavy atom. The third-order valence-electron chi connectivity index (χ3n) is 3.47. The number of alkyl carbamates (subject to hydrolysis) is 1. The molecule has 0 saturated carbocycles. The number of nitrogens with one attached hydrogen (secondary N) is 1. The molecule has 2 unspecified atom stereocenters. The van der Waals surface area contributed by atoms with E-state index < -0.39 is 34.4 Å². The van der Waals surface area contributed by atoms with Crippen LogP contribution >= 0.6 is 11.6 Å². The van der Waals surface area contributed by atoms with Crippen LogP contribution in [0.25, 0.3) is 0 Å². The topological polar surface area (TPSA) is 72.5 Å². The lowest BCUT2D eigenvalue weighted by atomic mass is 9.99. The fourth-order valence-corrected chi connectivity index (χ4v) is 3.63. The predicted molar refractivity (Wildman–Crippen MR) is 105 cm³/mol. The van der Waals surface area contributed by atoms with E-state index in [0.717, 1.165) is 6.07 Å². The highest BCUT2D eigenvalue weighted by atomic mass is 35.5. The zero-order valence-electron chi connectivity index (χ0n) is 16.3. The molecule has 0 heterocycles. The number of rotatable bonds is 8. The molecule has 0 aliphatic carbocycles. The SMILES string of the molecule is CC(C)CC(NC(=O)OC(C)(C)C)C(=O)CCS(=O)c1ccc(F)c(Cl)c1. The van der Waals surface area contributed by atoms with Crippen LogP contribution in [-0.4, -0.2) is 33.5 Å². The summed E-state index contributed by atoms with van der Waals surface area (Å²) in [5, 5.41) is 2.49. The summed E-state index contributed by atoms with van der Waals surface area (Å²) in [6.07, 6.45) is -0.199. The van der Waals surface area contributed by atoms with Gasteiger partial charge in [-0.15, -0.1) is 0 Å². The highest BCUT2D eigenvalue weighted by Gasteiger charge is 2.25. The van der Waals surface area contributed by atoms with Crippen LogP contribution in [0.4, 0.5) is 9.18 Å². The summed E-state index contributed by atoms with van der Waals surface area (Å²) in [4.78, 5) is 24.9. The van der Waals surface area contributed by atoms with Gasteiger partial charge in [-0.2, -0.15) is 0 Å². The van der Waals surface area contributed by atoms with Crippen molar-refractivity contribution in [2.24, 2.45) is 5.92 Å². The van der Waals surface area contributed by atoms with Crippen LogP contribution in [0.3, 0.4) is 0 Å². The van der Waals surface area contributed by atoms with Crippen molar-refractivity contribution in [3.05, 3.63) is 29.0 Å². The summed E-state index contributed by atoms with van der Waals surface area (Å²) in [6.45, 7) is 9.10. The van der Waals surface area contributed by atoms with E-state index in [1.807, 2.05) is 13.8 Å². The third-order valence-corrected chi connectivity index (χ3v) is 5.12. The summed E-state index contributed by atoms with van der Waals surface area (Å²) in [6, 6.07) is 3.10. The van der Waals surface area contributed by atoms with Crippen LogP contribution in [0.1, 0.15) is 47.5 Å². The van der Waals surface area contributed by atoms with Gasteiger partial charge in [0, 0.05) is 17.1 Å². The first-order chi connectivity index (χ1) is 12.4. The van der Waals surface area contributed by atoms with Gasteiger partial charge in [-0.3, -0.25) is 9.00 Å². The van der Waals surface area contributed by atoms with Crippen molar-refractivity contribution in [1.29, 1.82) is 0 Å². The maximum atomic E-state index is 13.2. The number of halogens is 2. The zero-order valence-corrected chi connectivity index (χ0v) is 17.9. The van der Waals surface area contributed by atoms with Crippen molar-refractivity contribution in [3.8, 4) is 0 Å². The van der Waals surface area contributed by atoms with Crippen molar-refractivity contribution in [2.45, 2.75) is 64.0 Å². The second-order valence-corrected chi connectivity index (χ2v) is 9.65. The minimum atomic E-state index is -1.50. The molecule has 27 heavy (non-hydrogen) atoms. The van der Waals surface area contributed by atoms with Gasteiger partial charge >= 0.3 is 6.09 Å². The smallest absolute Gasteiger partial charge is 0.408 e. The Labute approximate surface area is 167 Å². The summed E-state index contributed by atoms with van der Waals surface area (Å²) in [5.74, 6) is -0.579. The largest absolute Gasteiger partial charge is 0.444 e. The lowest BCUT2D eigenvalue weighted by Crippen LogP contribution is -2.44. The first kappa shape index (κ1) is 23.6. The molecule has 1 aromatic carbocycles. The van der Waals surface area contributed by atoms with Gasteiger partial charge in [-0.25, -0.2) is 9.18 Å². The Hall–Kier alpha value is -1.47. The van der Waals surface area contributed by atoms with Gasteiger partial charge in [0.05, 0.1) is 21.9 Å². The van der Waals surface area contributed by atoms with Crippen molar-refractivity contribution >= 4 is 34.3 Å². The fourth-order valence-electron chi connectivity index (χ4n) is 2.30. The molecule has 0 radical (unpaired) electrons. The van der Waals surface area contributed by atoms with Crippen LogP contribution in [0, 0.1) is 11.7 Å². The molecule has 0 spiro atoms. The molecule has 5 nitrogen and oxygen atoms in total. The average molecular weight is 420 g/mol. The second-order valence-electron chi connectivity index (χ2n) is 7.67. The van der Waals surface area contributed by atoms with E-state index in [2.05, 4.69) is 5.32 Å². The standard InChI is InChI=1S/C19H27ClFNO4S/c1-12(2)10-16(22-18(24)26-19(3,4)5)17(23)8-9-27(25)13-6-7-15(21)14(20)11-13/h6-7,11-12,16H,8-10H2,1-5H3,(H,22,24). The zero-order chi connectivity index (χ0) is 20.8. The maximum Gasteiger partial charge on any atom is 0.408 e. The molecule has 0 aliphatic rings. The van der Waals surface area contributed by atoms with Crippen LogP contribution < -0.4 is 5.32 Å². The van der Waals surface area contributed by atoms with Crippen LogP contribution in [0.15, 0.2) is 23.1 Å². The molecule has 0 saturated heterocycles. The highest BCUT2D eigenvalue weighted by molar-refractivity contribution is 7.85. The molecule has 8 heteroatoms. The molecule has 0 aromatic heterocycles. The molecule has 2 atom stereocenters. The normalized spacial score (nSPS) is 13.9. The summed E-state index contributed by atoms with van der Waals surface area (Å²) >= 11 is 5.70. The number of Topliss-reactive ketones (excluding diaryl/α,β-unsaturated/α-hetero) is 1. The molecule has 1 rings (SSSR count). The number of benzene rings is 1. The quantitative estimate of drug-likeness (QED) is 0.674. The molecule has 1 N–H and O–H groups in total. The Morgan fingerprint density at radius 3 is 2.44 bits per heavy atom. The van der Waals surface area contributed by atoms with Crippen LogP contribution in [-0.2, 0) is 20.3 Å². The van der Waals surface area contributed by atoms with Gasteiger partial charge in [-0.05, 0) is 51.3 Å². The van der Waals surface area contributed by atoms with E-state index in [-0.39, 0.29) is 28.9 Å². The van der Waals surface area contributed by atoms with Crippen molar-refractivity contribution in [2.75, 3.05) is 5.75 Å². The van der Waals surface area contributed by atoms with Gasteiger partial charge < -0.3 is 10.1 Å². The van der Waals surface area contributed by atoms with Gasteiger partial charge in [0.1, 0.15) is 11.4 Å². The van der Waals surface area contributed by atoms with Gasteiger partial charge in [0.25, 0.3) is 0 Å². The minimum Gasteiger partial charge on any atom is -0.444 e. The van der Waals surface area contributed by atoms with Crippen LogP contribution in [0.5, 0.6) is 0 Å². The summed E-state index contributed by atoms with van der Waals surface area (Å²) < 4.78 is 30.7. The predicted octanol–water partition coefficient (Wildman–Crippen LogP) is 4.49. The molecule has 0 bridgehead atoms. The Kier molecular flexibility index (Phi) is 8.88. The Morgan fingerprint density at radius 1 is 1.30 bits per heavy atom. The number of carbonyl (C=O) groups is 2. The number of amides is 1. The Bertz CT molecular complexity index is 703. The average Bonchev–Trinajstić information content (AvgIpc) is 2.52. The van der Waals surface area contributed by atoms with Crippen LogP contribution in [0.2, 0.25) is 5.02 Å². The fraction of sp³-hybridized carbons (Fsp3) is 0.579. The second kappa shape index (κ2) is 10.2. The van der Waals surface area contributed by atoms with E-state index in [4.69, 9.17) is 16.3 Å². The number of carbonyl (C=O) groups excluding carboxylic acids is 2. The molecule has 1 amide bonds.